The Hall–Kier alpha value is -2.19. The van der Waals surface area contributed by atoms with E-state index in [4.69, 9.17) is 5.26 Å². The van der Waals surface area contributed by atoms with E-state index < -0.39 is 0 Å². The zero-order valence-corrected chi connectivity index (χ0v) is 11.7. The summed E-state index contributed by atoms with van der Waals surface area (Å²) >= 11 is 3.51. The first-order chi connectivity index (χ1) is 9.20. The van der Waals surface area contributed by atoms with Crippen LogP contribution in [-0.4, -0.2) is 14.6 Å². The molecule has 0 N–H and O–H groups in total. The van der Waals surface area contributed by atoms with Crippen molar-refractivity contribution in [3.8, 4) is 17.5 Å². The molecule has 0 saturated heterocycles. The van der Waals surface area contributed by atoms with E-state index in [1.54, 1.807) is 18.3 Å². The predicted octanol–water partition coefficient (Wildman–Crippen LogP) is 3.34. The van der Waals surface area contributed by atoms with E-state index in [9.17, 15) is 0 Å². The van der Waals surface area contributed by atoms with E-state index >= 15 is 0 Å². The molecular formula is C14H9BrN4. The molecule has 0 aliphatic rings. The van der Waals surface area contributed by atoms with Crippen LogP contribution >= 0.6 is 15.9 Å². The molecule has 0 bridgehead atoms. The van der Waals surface area contributed by atoms with Gasteiger partial charge in [-0.25, -0.2) is 0 Å². The van der Waals surface area contributed by atoms with Crippen molar-refractivity contribution in [2.75, 3.05) is 0 Å². The van der Waals surface area contributed by atoms with Crippen LogP contribution in [0.25, 0.3) is 17.0 Å². The van der Waals surface area contributed by atoms with Gasteiger partial charge in [0.15, 0.2) is 11.5 Å². The van der Waals surface area contributed by atoms with Crippen LogP contribution in [0.4, 0.5) is 0 Å². The number of nitriles is 1. The molecule has 2 aromatic heterocycles. The maximum Gasteiger partial charge on any atom is 0.168 e. The smallest absolute Gasteiger partial charge is 0.168 e. The van der Waals surface area contributed by atoms with Crippen molar-refractivity contribution in [3.05, 3.63) is 52.1 Å². The van der Waals surface area contributed by atoms with E-state index in [0.717, 1.165) is 27.1 Å². The summed E-state index contributed by atoms with van der Waals surface area (Å²) in [5.74, 6) is 0.742. The van der Waals surface area contributed by atoms with Crippen molar-refractivity contribution < 1.29 is 0 Å². The number of rotatable bonds is 1. The molecular weight excluding hydrogens is 304 g/mol. The van der Waals surface area contributed by atoms with Crippen LogP contribution in [-0.2, 0) is 0 Å². The minimum atomic E-state index is 0.584. The lowest BCUT2D eigenvalue weighted by molar-refractivity contribution is 1.10. The lowest BCUT2D eigenvalue weighted by atomic mass is 10.1. The van der Waals surface area contributed by atoms with Crippen LogP contribution in [0.3, 0.4) is 0 Å². The number of aromatic nitrogens is 3. The van der Waals surface area contributed by atoms with Gasteiger partial charge in [-0.15, -0.1) is 10.2 Å². The highest BCUT2D eigenvalue weighted by Gasteiger charge is 2.12. The fourth-order valence-corrected chi connectivity index (χ4v) is 2.36. The Bertz CT molecular complexity index is 814. The normalized spacial score (nSPS) is 10.6. The number of benzene rings is 1. The molecule has 0 saturated carbocycles. The summed E-state index contributed by atoms with van der Waals surface area (Å²) in [6, 6.07) is 11.6. The van der Waals surface area contributed by atoms with E-state index in [-0.39, 0.29) is 0 Å². The van der Waals surface area contributed by atoms with Gasteiger partial charge in [0.1, 0.15) is 6.07 Å². The van der Waals surface area contributed by atoms with Gasteiger partial charge in [-0.05, 0) is 30.7 Å². The summed E-state index contributed by atoms with van der Waals surface area (Å²) < 4.78 is 2.87. The van der Waals surface area contributed by atoms with Gasteiger partial charge >= 0.3 is 0 Å². The third-order valence-electron chi connectivity index (χ3n) is 3.04. The first-order valence-electron chi connectivity index (χ1n) is 5.71. The number of hydrogen-bond donors (Lipinski definition) is 0. The second-order valence-corrected chi connectivity index (χ2v) is 5.05. The molecule has 2 heterocycles. The predicted molar refractivity (Wildman–Crippen MR) is 75.6 cm³/mol. The molecule has 5 heteroatoms. The van der Waals surface area contributed by atoms with Crippen LogP contribution in [0.1, 0.15) is 11.1 Å². The summed E-state index contributed by atoms with van der Waals surface area (Å²) in [4.78, 5) is 0. The lowest BCUT2D eigenvalue weighted by Crippen LogP contribution is -1.93. The van der Waals surface area contributed by atoms with Crippen molar-refractivity contribution in [2.45, 2.75) is 6.92 Å². The summed E-state index contributed by atoms with van der Waals surface area (Å²) in [5.41, 5.74) is 3.41. The highest BCUT2D eigenvalue weighted by molar-refractivity contribution is 9.10. The summed E-state index contributed by atoms with van der Waals surface area (Å²) in [6.07, 6.45) is 1.75. The Morgan fingerprint density at radius 1 is 1.21 bits per heavy atom. The summed E-state index contributed by atoms with van der Waals surface area (Å²) in [5, 5.41) is 17.3. The van der Waals surface area contributed by atoms with Crippen molar-refractivity contribution in [3.63, 3.8) is 0 Å². The number of nitrogens with zero attached hydrogens (tertiary/aromatic N) is 4. The molecule has 0 atom stereocenters. The lowest BCUT2D eigenvalue weighted by Gasteiger charge is -2.06. The zero-order chi connectivity index (χ0) is 13.4. The number of halogens is 1. The van der Waals surface area contributed by atoms with Crippen LogP contribution in [0.15, 0.2) is 41.0 Å². The van der Waals surface area contributed by atoms with Crippen molar-refractivity contribution in [1.29, 1.82) is 5.26 Å². The molecule has 0 amide bonds. The van der Waals surface area contributed by atoms with Gasteiger partial charge < -0.3 is 0 Å². The minimum absolute atomic E-state index is 0.584. The zero-order valence-electron chi connectivity index (χ0n) is 10.1. The van der Waals surface area contributed by atoms with Gasteiger partial charge in [0.05, 0.1) is 5.56 Å². The van der Waals surface area contributed by atoms with E-state index in [2.05, 4.69) is 32.2 Å². The van der Waals surface area contributed by atoms with E-state index in [1.807, 2.05) is 29.5 Å². The third kappa shape index (κ3) is 1.90. The first kappa shape index (κ1) is 11.9. The van der Waals surface area contributed by atoms with Gasteiger partial charge in [-0.2, -0.15) is 5.26 Å². The monoisotopic (exact) mass is 312 g/mol. The largest absolute Gasteiger partial charge is 0.281 e. The molecule has 92 valence electrons. The van der Waals surface area contributed by atoms with Crippen molar-refractivity contribution >= 4 is 21.6 Å². The molecule has 0 spiro atoms. The molecule has 3 aromatic rings. The van der Waals surface area contributed by atoms with E-state index in [0.29, 0.717) is 5.56 Å². The molecule has 3 rings (SSSR count). The molecule has 19 heavy (non-hydrogen) atoms. The Labute approximate surface area is 118 Å². The number of hydrogen-bond acceptors (Lipinski definition) is 3. The number of pyridine rings is 1. The Kier molecular flexibility index (Phi) is 2.80. The third-order valence-corrected chi connectivity index (χ3v) is 3.90. The Morgan fingerprint density at radius 2 is 2.05 bits per heavy atom. The second-order valence-electron chi connectivity index (χ2n) is 4.19. The van der Waals surface area contributed by atoms with Crippen LogP contribution in [0.2, 0.25) is 0 Å². The Balaban J connectivity index is 2.31. The second kappa shape index (κ2) is 4.48. The first-order valence-corrected chi connectivity index (χ1v) is 6.50. The SMILES string of the molecule is Cc1c(Br)cccc1-c1nnc2ccc(C#N)cn12. The Morgan fingerprint density at radius 3 is 2.84 bits per heavy atom. The average molecular weight is 313 g/mol. The molecule has 1 aromatic carbocycles. The highest BCUT2D eigenvalue weighted by atomic mass is 79.9. The molecule has 0 fully saturated rings. The maximum absolute atomic E-state index is 8.98. The van der Waals surface area contributed by atoms with Gasteiger partial charge in [-0.3, -0.25) is 4.40 Å². The quantitative estimate of drug-likeness (QED) is 0.692. The van der Waals surface area contributed by atoms with E-state index in [1.165, 1.54) is 0 Å². The van der Waals surface area contributed by atoms with Gasteiger partial charge in [-0.1, -0.05) is 28.1 Å². The maximum atomic E-state index is 8.98. The molecule has 0 unspecified atom stereocenters. The van der Waals surface area contributed by atoms with Crippen LogP contribution in [0, 0.1) is 18.3 Å². The molecule has 0 aliphatic heterocycles. The standard InChI is InChI=1S/C14H9BrN4/c1-9-11(3-2-4-12(9)15)14-18-17-13-6-5-10(7-16)8-19(13)14/h2-6,8H,1H3. The number of fused-ring (bicyclic) bond motifs is 1. The average Bonchev–Trinajstić information content (AvgIpc) is 2.84. The van der Waals surface area contributed by atoms with Crippen LogP contribution in [0.5, 0.6) is 0 Å². The van der Waals surface area contributed by atoms with Crippen molar-refractivity contribution in [2.24, 2.45) is 0 Å². The summed E-state index contributed by atoms with van der Waals surface area (Å²) in [6.45, 7) is 2.02. The van der Waals surface area contributed by atoms with Gasteiger partial charge in [0.25, 0.3) is 0 Å². The van der Waals surface area contributed by atoms with Gasteiger partial charge in [0, 0.05) is 16.2 Å². The van der Waals surface area contributed by atoms with Crippen LogP contribution < -0.4 is 0 Å². The fraction of sp³-hybridized carbons (Fsp3) is 0.0714. The van der Waals surface area contributed by atoms with Crippen molar-refractivity contribution in [1.82, 2.24) is 14.6 Å². The molecule has 4 nitrogen and oxygen atoms in total. The highest BCUT2D eigenvalue weighted by Crippen LogP contribution is 2.27. The topological polar surface area (TPSA) is 54.0 Å². The molecule has 0 aliphatic carbocycles. The summed E-state index contributed by atoms with van der Waals surface area (Å²) in [7, 11) is 0. The molecule has 0 radical (unpaired) electrons. The minimum Gasteiger partial charge on any atom is -0.281 e. The fourth-order valence-electron chi connectivity index (χ4n) is 1.99. The van der Waals surface area contributed by atoms with Gasteiger partial charge in [0.2, 0.25) is 0 Å².